The minimum atomic E-state index is -0.00394. The monoisotopic (exact) mass is 343 g/mol. The van der Waals surface area contributed by atoms with Gasteiger partial charge in [-0.3, -0.25) is 5.32 Å². The average Bonchev–Trinajstić information content (AvgIpc) is 2.62. The molecule has 0 saturated carbocycles. The highest BCUT2D eigenvalue weighted by Crippen LogP contribution is 2.48. The second-order valence-corrected chi connectivity index (χ2v) is 6.66. The van der Waals surface area contributed by atoms with Crippen LogP contribution in [0.5, 0.6) is 0 Å². The van der Waals surface area contributed by atoms with Crippen molar-refractivity contribution in [2.75, 3.05) is 0 Å². The topological polar surface area (TPSA) is 12.0 Å². The molecule has 2 aromatic rings. The molecule has 0 aromatic heterocycles. The van der Waals surface area contributed by atoms with Gasteiger partial charge in [-0.25, -0.2) is 0 Å². The third kappa shape index (κ3) is 1.30. The Morgan fingerprint density at radius 3 is 2.89 bits per heavy atom. The highest BCUT2D eigenvalue weighted by molar-refractivity contribution is 14.1. The van der Waals surface area contributed by atoms with Gasteiger partial charge in [0.05, 0.1) is 5.54 Å². The van der Waals surface area contributed by atoms with E-state index in [1.807, 2.05) is 0 Å². The molecule has 0 amide bonds. The molecule has 2 aliphatic rings. The molecule has 2 heteroatoms. The summed E-state index contributed by atoms with van der Waals surface area (Å²) in [4.78, 5) is 0. The summed E-state index contributed by atoms with van der Waals surface area (Å²) in [6.45, 7) is 2.32. The van der Waals surface area contributed by atoms with Gasteiger partial charge in [0.25, 0.3) is 0 Å². The maximum atomic E-state index is 3.81. The zero-order valence-electron chi connectivity index (χ0n) is 10.2. The first-order valence-electron chi connectivity index (χ1n) is 6.34. The number of benzene rings is 2. The second kappa shape index (κ2) is 3.58. The third-order valence-electron chi connectivity index (χ3n) is 4.37. The van der Waals surface area contributed by atoms with E-state index in [1.54, 1.807) is 0 Å². The van der Waals surface area contributed by atoms with Gasteiger partial charge in [-0.15, -0.1) is 0 Å². The minimum absolute atomic E-state index is 0.00394. The first-order valence-corrected chi connectivity index (χ1v) is 7.42. The fourth-order valence-electron chi connectivity index (χ4n) is 3.56. The molecule has 2 atom stereocenters. The summed E-state index contributed by atoms with van der Waals surface area (Å²) >= 11 is 2.40. The highest BCUT2D eigenvalue weighted by atomic mass is 123. The van der Waals surface area contributed by atoms with Crippen molar-refractivity contribution in [3.8, 4) is 0 Å². The van der Waals surface area contributed by atoms with E-state index < -0.39 is 0 Å². The molecule has 0 aliphatic carbocycles. The Balaban J connectivity index is 2.04. The molecule has 4 rings (SSSR count). The minimum Gasteiger partial charge on any atom is -0.297 e. The molecule has 0 unspecified atom stereocenters. The van der Waals surface area contributed by atoms with Gasteiger partial charge in [-0.1, -0.05) is 30.3 Å². The van der Waals surface area contributed by atoms with Crippen molar-refractivity contribution in [1.82, 2.24) is 5.32 Å². The van der Waals surface area contributed by atoms with Crippen molar-refractivity contribution in [1.29, 1.82) is 0 Å². The van der Waals surface area contributed by atoms with Crippen molar-refractivity contribution >= 4 is 22.6 Å². The Hall–Kier alpha value is -0.870. The van der Waals surface area contributed by atoms with Crippen LogP contribution in [0.2, 0.25) is 0 Å². The lowest BCUT2D eigenvalue weighted by molar-refractivity contribution is 0.388. The number of fused-ring (bicyclic) bond motifs is 7. The van der Waals surface area contributed by atoms with Gasteiger partial charge >= 0.3 is 0 Å². The Bertz CT molecular complexity index is 649. The Morgan fingerprint density at radius 2 is 2.00 bits per heavy atom. The predicted molar refractivity (Wildman–Crippen MR) is 81.6 cm³/mol. The van der Waals surface area contributed by atoms with Gasteiger partial charge in [0.15, 0.2) is 0 Å². The molecular formula is C16H14IN. The van der Waals surface area contributed by atoms with E-state index in [1.165, 1.54) is 25.8 Å². The molecule has 0 radical (unpaired) electrons. The number of halogens is 1. The average molecular weight is 343 g/mol. The number of rotatable bonds is 0. The van der Waals surface area contributed by atoms with E-state index in [9.17, 15) is 0 Å². The quantitative estimate of drug-likeness (QED) is 0.719. The van der Waals surface area contributed by atoms with Crippen LogP contribution < -0.4 is 5.32 Å². The lowest BCUT2D eigenvalue weighted by Crippen LogP contribution is -2.41. The lowest BCUT2D eigenvalue weighted by atomic mass is 9.82. The van der Waals surface area contributed by atoms with Crippen LogP contribution in [-0.2, 0) is 12.0 Å². The molecule has 2 aliphatic heterocycles. The molecule has 0 saturated heterocycles. The van der Waals surface area contributed by atoms with Gasteiger partial charge in [0.1, 0.15) is 0 Å². The zero-order valence-corrected chi connectivity index (χ0v) is 12.4. The molecule has 2 heterocycles. The Morgan fingerprint density at radius 1 is 1.17 bits per heavy atom. The van der Waals surface area contributed by atoms with E-state index in [4.69, 9.17) is 0 Å². The molecule has 0 spiro atoms. The summed E-state index contributed by atoms with van der Waals surface area (Å²) in [5, 5.41) is 3.81. The largest absolute Gasteiger partial charge is 0.297 e. The van der Waals surface area contributed by atoms with Crippen LogP contribution in [0.4, 0.5) is 0 Å². The molecule has 18 heavy (non-hydrogen) atoms. The van der Waals surface area contributed by atoms with Crippen molar-refractivity contribution in [2.45, 2.75) is 24.9 Å². The molecular weight excluding hydrogens is 329 g/mol. The van der Waals surface area contributed by atoms with Gasteiger partial charge in [-0.2, -0.15) is 0 Å². The number of hydrogen-bond donors (Lipinski definition) is 1. The van der Waals surface area contributed by atoms with E-state index in [-0.39, 0.29) is 5.54 Å². The summed E-state index contributed by atoms with van der Waals surface area (Å²) in [7, 11) is 0. The predicted octanol–water partition coefficient (Wildman–Crippen LogP) is 3.76. The van der Waals surface area contributed by atoms with Crippen LogP contribution in [0.25, 0.3) is 0 Å². The van der Waals surface area contributed by atoms with Gasteiger partial charge < -0.3 is 0 Å². The SMILES string of the molecule is C[C@@]12N[C@@H](Cc3ccc([123I])cc31)c1ccccc12. The van der Waals surface area contributed by atoms with Crippen molar-refractivity contribution in [2.24, 2.45) is 0 Å². The molecule has 0 fully saturated rings. The Kier molecular flexibility index (Phi) is 2.19. The van der Waals surface area contributed by atoms with Crippen molar-refractivity contribution in [3.63, 3.8) is 0 Å². The Labute approximate surface area is 121 Å². The lowest BCUT2D eigenvalue weighted by Gasteiger charge is -2.34. The fraction of sp³-hybridized carbons (Fsp3) is 0.250. The maximum Gasteiger partial charge on any atom is 0.0673 e. The van der Waals surface area contributed by atoms with Gasteiger partial charge in [0, 0.05) is 9.61 Å². The molecule has 1 nitrogen and oxygen atoms in total. The van der Waals surface area contributed by atoms with E-state index in [0.717, 1.165) is 6.42 Å². The summed E-state index contributed by atoms with van der Waals surface area (Å²) in [5.74, 6) is 0. The van der Waals surface area contributed by atoms with Gasteiger partial charge in [-0.05, 0) is 70.3 Å². The number of hydrogen-bond acceptors (Lipinski definition) is 1. The fourth-order valence-corrected chi connectivity index (χ4v) is 4.05. The molecule has 2 aromatic carbocycles. The first kappa shape index (κ1) is 11.0. The van der Waals surface area contributed by atoms with Crippen LogP contribution in [0.3, 0.4) is 0 Å². The zero-order chi connectivity index (χ0) is 12.3. The van der Waals surface area contributed by atoms with E-state index >= 15 is 0 Å². The van der Waals surface area contributed by atoms with Crippen molar-refractivity contribution < 1.29 is 0 Å². The first-order chi connectivity index (χ1) is 8.68. The van der Waals surface area contributed by atoms with Crippen LogP contribution in [0, 0.1) is 3.57 Å². The van der Waals surface area contributed by atoms with E-state index in [2.05, 4.69) is 77.3 Å². The van der Waals surface area contributed by atoms with Crippen LogP contribution >= 0.6 is 22.6 Å². The molecule has 90 valence electrons. The molecule has 2 bridgehead atoms. The summed E-state index contributed by atoms with van der Waals surface area (Å²) in [5.41, 5.74) is 5.88. The second-order valence-electron chi connectivity index (χ2n) is 5.41. The van der Waals surface area contributed by atoms with E-state index in [0.29, 0.717) is 6.04 Å². The van der Waals surface area contributed by atoms with Crippen LogP contribution in [-0.4, -0.2) is 0 Å². The molecule has 1 N–H and O–H groups in total. The smallest absolute Gasteiger partial charge is 0.0673 e. The van der Waals surface area contributed by atoms with Crippen LogP contribution in [0.1, 0.15) is 35.2 Å². The summed E-state index contributed by atoms with van der Waals surface area (Å²) in [6.07, 6.45) is 1.11. The standard InChI is InChI=1S/C16H14IN/c1-16-13-5-3-2-4-12(13)15(18-16)8-10-6-7-11(17)9-14(10)16/h2-7,9,15,18H,8H2,1H3/t15-,16-/m0/s1/i17-4. The maximum absolute atomic E-state index is 3.81. The normalized spacial score (nSPS) is 27.8. The highest BCUT2D eigenvalue weighted by Gasteiger charge is 2.45. The number of nitrogens with one attached hydrogen (secondary N) is 1. The van der Waals surface area contributed by atoms with Gasteiger partial charge in [0.2, 0.25) is 0 Å². The summed E-state index contributed by atoms with van der Waals surface area (Å²) < 4.78 is 1.32. The third-order valence-corrected chi connectivity index (χ3v) is 5.04. The van der Waals surface area contributed by atoms with Crippen molar-refractivity contribution in [3.05, 3.63) is 68.3 Å². The summed E-state index contributed by atoms with van der Waals surface area (Å²) in [6, 6.07) is 16.2. The van der Waals surface area contributed by atoms with Crippen LogP contribution in [0.15, 0.2) is 42.5 Å².